The Morgan fingerprint density at radius 3 is 2.63 bits per heavy atom. The van der Waals surface area contributed by atoms with Crippen LogP contribution in [0.25, 0.3) is 0 Å². The molecule has 0 bridgehead atoms. The van der Waals surface area contributed by atoms with Gasteiger partial charge >= 0.3 is 0 Å². The molecule has 1 aromatic carbocycles. The normalized spacial score (nSPS) is 27.5. The van der Waals surface area contributed by atoms with E-state index in [1.165, 1.54) is 0 Å². The fraction of sp³-hybridized carbons (Fsp3) is 0.538. The highest BCUT2D eigenvalue weighted by atomic mass is 32.2. The molecule has 19 heavy (non-hydrogen) atoms. The zero-order valence-corrected chi connectivity index (χ0v) is 12.7. The van der Waals surface area contributed by atoms with E-state index in [1.807, 2.05) is 30.3 Å². The summed E-state index contributed by atoms with van der Waals surface area (Å²) in [5.74, 6) is 0. The van der Waals surface area contributed by atoms with Crippen LogP contribution in [0.5, 0.6) is 0 Å². The van der Waals surface area contributed by atoms with Gasteiger partial charge in [-0.05, 0) is 19.3 Å². The van der Waals surface area contributed by atoms with Crippen molar-refractivity contribution >= 4 is 22.6 Å². The predicted octanol–water partition coefficient (Wildman–Crippen LogP) is 2.20. The van der Waals surface area contributed by atoms with Crippen molar-refractivity contribution in [1.29, 1.82) is 0 Å². The summed E-state index contributed by atoms with van der Waals surface area (Å²) in [6.45, 7) is 0.125. The van der Waals surface area contributed by atoms with Crippen LogP contribution in [0.2, 0.25) is 0 Å². The standard InChI is InChI=1S/C13H19O4PS/c1-19(15,16)17-10-9-13-8-5-11-18(13,14)12-6-3-2-4-7-12/h2-4,6-7,13H,5,8-11H2,1H3. The van der Waals surface area contributed by atoms with Crippen molar-refractivity contribution in [2.45, 2.75) is 24.9 Å². The molecule has 2 rings (SSSR count). The Balaban J connectivity index is 2.07. The first-order valence-corrected chi connectivity index (χ1v) is 10.2. The molecule has 0 radical (unpaired) electrons. The van der Waals surface area contributed by atoms with Crippen LogP contribution in [0, 0.1) is 0 Å². The lowest BCUT2D eigenvalue weighted by molar-refractivity contribution is 0.312. The van der Waals surface area contributed by atoms with Crippen molar-refractivity contribution < 1.29 is 17.2 Å². The number of hydrogen-bond acceptors (Lipinski definition) is 4. The van der Waals surface area contributed by atoms with E-state index in [4.69, 9.17) is 4.18 Å². The van der Waals surface area contributed by atoms with Crippen molar-refractivity contribution in [3.05, 3.63) is 30.3 Å². The second-order valence-electron chi connectivity index (χ2n) is 4.97. The third-order valence-corrected chi connectivity index (χ3v) is 8.00. The minimum absolute atomic E-state index is 0.0525. The van der Waals surface area contributed by atoms with Crippen LogP contribution in [0.1, 0.15) is 19.3 Å². The summed E-state index contributed by atoms with van der Waals surface area (Å²) in [4.78, 5) is 0. The topological polar surface area (TPSA) is 60.4 Å². The maximum atomic E-state index is 13.1. The molecule has 1 saturated heterocycles. The summed E-state index contributed by atoms with van der Waals surface area (Å²) in [5, 5.41) is 0.914. The number of hydrogen-bond donors (Lipinski definition) is 0. The fourth-order valence-corrected chi connectivity index (χ4v) is 6.56. The van der Waals surface area contributed by atoms with Gasteiger partial charge in [0, 0.05) is 17.1 Å². The maximum Gasteiger partial charge on any atom is 0.264 e. The smallest absolute Gasteiger partial charge is 0.264 e. The molecule has 1 aliphatic heterocycles. The fourth-order valence-electron chi connectivity index (χ4n) is 2.66. The van der Waals surface area contributed by atoms with E-state index in [-0.39, 0.29) is 12.3 Å². The van der Waals surface area contributed by atoms with Gasteiger partial charge in [0.15, 0.2) is 0 Å². The molecule has 106 valence electrons. The first kappa shape index (κ1) is 14.8. The molecule has 1 heterocycles. The van der Waals surface area contributed by atoms with Crippen LogP contribution in [0.15, 0.2) is 30.3 Å². The van der Waals surface area contributed by atoms with Gasteiger partial charge in [-0.15, -0.1) is 0 Å². The Morgan fingerprint density at radius 2 is 2.00 bits per heavy atom. The van der Waals surface area contributed by atoms with E-state index < -0.39 is 17.3 Å². The molecule has 1 aliphatic rings. The van der Waals surface area contributed by atoms with E-state index >= 15 is 0 Å². The Kier molecular flexibility index (Phi) is 4.49. The quantitative estimate of drug-likeness (QED) is 0.618. The molecule has 0 aromatic heterocycles. The van der Waals surface area contributed by atoms with Crippen molar-refractivity contribution in [3.8, 4) is 0 Å². The third kappa shape index (κ3) is 3.68. The minimum Gasteiger partial charge on any atom is -0.318 e. The van der Waals surface area contributed by atoms with Crippen LogP contribution in [0.3, 0.4) is 0 Å². The highest BCUT2D eigenvalue weighted by molar-refractivity contribution is 7.86. The van der Waals surface area contributed by atoms with Crippen molar-refractivity contribution in [2.24, 2.45) is 0 Å². The lowest BCUT2D eigenvalue weighted by Crippen LogP contribution is -2.17. The Hall–Kier alpha value is -0.640. The zero-order chi connectivity index (χ0) is 13.9. The van der Waals surface area contributed by atoms with Gasteiger partial charge in [0.2, 0.25) is 0 Å². The van der Waals surface area contributed by atoms with Crippen LogP contribution in [0.4, 0.5) is 0 Å². The van der Waals surface area contributed by atoms with E-state index in [2.05, 4.69) is 0 Å². The van der Waals surface area contributed by atoms with Crippen LogP contribution < -0.4 is 5.30 Å². The molecule has 1 aromatic rings. The Labute approximate surface area is 114 Å². The van der Waals surface area contributed by atoms with E-state index in [0.717, 1.165) is 30.6 Å². The summed E-state index contributed by atoms with van der Waals surface area (Å²) < 4.78 is 39.8. The average molecular weight is 302 g/mol. The molecule has 2 atom stereocenters. The number of rotatable bonds is 5. The average Bonchev–Trinajstić information content (AvgIpc) is 2.72. The van der Waals surface area contributed by atoms with Gasteiger partial charge in [-0.3, -0.25) is 4.18 Å². The van der Waals surface area contributed by atoms with Crippen LogP contribution >= 0.6 is 7.14 Å². The molecule has 0 amide bonds. The van der Waals surface area contributed by atoms with Gasteiger partial charge in [0.05, 0.1) is 12.9 Å². The largest absolute Gasteiger partial charge is 0.318 e. The Morgan fingerprint density at radius 1 is 1.32 bits per heavy atom. The zero-order valence-electron chi connectivity index (χ0n) is 11.0. The first-order valence-electron chi connectivity index (χ1n) is 6.40. The van der Waals surface area contributed by atoms with E-state index in [0.29, 0.717) is 6.42 Å². The van der Waals surface area contributed by atoms with E-state index in [1.54, 1.807) is 0 Å². The number of benzene rings is 1. The molecule has 0 aliphatic carbocycles. The highest BCUT2D eigenvalue weighted by Crippen LogP contribution is 2.58. The summed E-state index contributed by atoms with van der Waals surface area (Å²) in [6, 6.07) is 9.54. The summed E-state index contributed by atoms with van der Waals surface area (Å²) in [7, 11) is -5.80. The molecule has 2 unspecified atom stereocenters. The lowest BCUT2D eigenvalue weighted by Gasteiger charge is -2.20. The van der Waals surface area contributed by atoms with Gasteiger partial charge in [-0.25, -0.2) is 0 Å². The molecule has 0 spiro atoms. The molecule has 6 heteroatoms. The third-order valence-electron chi connectivity index (χ3n) is 3.56. The highest BCUT2D eigenvalue weighted by Gasteiger charge is 2.38. The molecular formula is C13H19O4PS. The molecule has 1 fully saturated rings. The Bertz CT molecular complexity index is 568. The van der Waals surface area contributed by atoms with Crippen LogP contribution in [-0.2, 0) is 18.9 Å². The van der Waals surface area contributed by atoms with Crippen molar-refractivity contribution in [2.75, 3.05) is 19.0 Å². The minimum atomic E-state index is -3.41. The van der Waals surface area contributed by atoms with Crippen molar-refractivity contribution in [1.82, 2.24) is 0 Å². The van der Waals surface area contributed by atoms with Gasteiger partial charge in [0.25, 0.3) is 10.1 Å². The maximum absolute atomic E-state index is 13.1. The van der Waals surface area contributed by atoms with Gasteiger partial charge in [-0.2, -0.15) is 8.42 Å². The van der Waals surface area contributed by atoms with E-state index in [9.17, 15) is 13.0 Å². The molecule has 0 saturated carbocycles. The molecule has 0 N–H and O–H groups in total. The first-order chi connectivity index (χ1) is 8.92. The summed E-state index contributed by atoms with van der Waals surface area (Å²) in [5.41, 5.74) is 0.0525. The van der Waals surface area contributed by atoms with Gasteiger partial charge < -0.3 is 4.57 Å². The summed E-state index contributed by atoms with van der Waals surface area (Å²) in [6.07, 6.45) is 4.13. The van der Waals surface area contributed by atoms with Crippen molar-refractivity contribution in [3.63, 3.8) is 0 Å². The molecular weight excluding hydrogens is 283 g/mol. The predicted molar refractivity (Wildman–Crippen MR) is 77.0 cm³/mol. The van der Waals surface area contributed by atoms with Gasteiger partial charge in [0.1, 0.15) is 7.14 Å². The lowest BCUT2D eigenvalue weighted by atomic mass is 10.2. The monoisotopic (exact) mass is 302 g/mol. The second-order valence-corrected chi connectivity index (χ2v) is 9.89. The second kappa shape index (κ2) is 5.78. The SMILES string of the molecule is CS(=O)(=O)OCCC1CCCP1(=O)c1ccccc1. The molecule has 4 nitrogen and oxygen atoms in total. The van der Waals surface area contributed by atoms with Gasteiger partial charge in [-0.1, -0.05) is 30.3 Å². The van der Waals surface area contributed by atoms with Crippen LogP contribution in [-0.4, -0.2) is 33.1 Å². The summed E-state index contributed by atoms with van der Waals surface area (Å²) >= 11 is 0.